The molecule has 1 aliphatic carbocycles. The second-order valence-corrected chi connectivity index (χ2v) is 7.89. The zero-order chi connectivity index (χ0) is 24.2. The molecule has 11 heteroatoms. The Labute approximate surface area is 225 Å². The molecule has 1 aliphatic heterocycles. The smallest absolute Gasteiger partial charge is 0.868 e. The van der Waals surface area contributed by atoms with Gasteiger partial charge in [-0.25, -0.2) is 0 Å². The van der Waals surface area contributed by atoms with Gasteiger partial charge in [0.1, 0.15) is 12.4 Å². The van der Waals surface area contributed by atoms with Crippen LogP contribution in [0.25, 0.3) is 0 Å². The summed E-state index contributed by atoms with van der Waals surface area (Å²) in [4.78, 5) is 27.0. The van der Waals surface area contributed by atoms with Gasteiger partial charge in [0.15, 0.2) is 5.78 Å². The molecular weight excluding hydrogens is 475 g/mol. The van der Waals surface area contributed by atoms with Crippen LogP contribution >= 0.6 is 11.6 Å². The number of ketones is 1. The van der Waals surface area contributed by atoms with Crippen LogP contribution < -0.4 is 34.7 Å². The van der Waals surface area contributed by atoms with Crippen LogP contribution in [-0.2, 0) is 14.4 Å². The number of ether oxygens (including phenoxy) is 1. The van der Waals surface area contributed by atoms with Crippen LogP contribution in [0, 0.1) is 22.0 Å². The number of hydrogen-bond donors (Lipinski definition) is 1. The molecule has 1 aromatic carbocycles. The molecule has 1 fully saturated rings. The number of carbonyl (C=O) groups excluding carboxylic acids is 1. The van der Waals surface area contributed by atoms with Gasteiger partial charge in [0.05, 0.1) is 16.2 Å². The van der Waals surface area contributed by atoms with E-state index in [1.807, 2.05) is 6.92 Å². The minimum absolute atomic E-state index is 0. The summed E-state index contributed by atoms with van der Waals surface area (Å²) in [5, 5.41) is 35.0. The fourth-order valence-electron chi connectivity index (χ4n) is 3.86. The van der Waals surface area contributed by atoms with Gasteiger partial charge in [0, 0.05) is 37.7 Å². The third-order valence-electron chi connectivity index (χ3n) is 5.52. The van der Waals surface area contributed by atoms with E-state index >= 15 is 0 Å². The monoisotopic (exact) mass is 502 g/mol. The maximum atomic E-state index is 12.5. The molecule has 1 saturated heterocycles. The number of hydrogen-bond acceptors (Lipinski definition) is 8. The first kappa shape index (κ1) is 30.1. The van der Waals surface area contributed by atoms with Crippen molar-refractivity contribution in [3.8, 4) is 5.75 Å². The maximum Gasteiger partial charge on any atom is 1.00 e. The Bertz CT molecular complexity index is 914. The molecule has 1 aromatic rings. The van der Waals surface area contributed by atoms with Crippen LogP contribution in [0.1, 0.15) is 39.0 Å². The number of para-hydroxylation sites is 2. The van der Waals surface area contributed by atoms with Gasteiger partial charge in [-0.15, -0.1) is 0 Å². The van der Waals surface area contributed by atoms with Crippen LogP contribution in [0.4, 0.5) is 5.69 Å². The van der Waals surface area contributed by atoms with Gasteiger partial charge >= 0.3 is 29.6 Å². The van der Waals surface area contributed by atoms with Crippen molar-refractivity contribution in [3.63, 3.8) is 0 Å². The zero-order valence-corrected chi connectivity index (χ0v) is 22.2. The molecule has 180 valence electrons. The van der Waals surface area contributed by atoms with E-state index in [4.69, 9.17) is 21.2 Å². The molecule has 9 nitrogen and oxygen atoms in total. The molecule has 1 atom stereocenters. The Morgan fingerprint density at radius 3 is 2.50 bits per heavy atom. The summed E-state index contributed by atoms with van der Waals surface area (Å²) in [5.74, 6) is 0.210. The van der Waals surface area contributed by atoms with Crippen molar-refractivity contribution in [2.24, 2.45) is 17.0 Å². The number of aliphatic hydroxyl groups is 1. The molecular formula is C23H28ClN2NaO7. The molecule has 0 amide bonds. The molecule has 34 heavy (non-hydrogen) atoms. The Kier molecular flexibility index (Phi) is 14.1. The van der Waals surface area contributed by atoms with E-state index < -0.39 is 10.7 Å². The summed E-state index contributed by atoms with van der Waals surface area (Å²) in [6.45, 7) is 3.62. The molecule has 0 saturated carbocycles. The first-order chi connectivity index (χ1) is 15.9. The van der Waals surface area contributed by atoms with Crippen molar-refractivity contribution >= 4 is 28.8 Å². The van der Waals surface area contributed by atoms with Crippen molar-refractivity contribution in [2.45, 2.75) is 39.0 Å². The molecule has 2 aliphatic rings. The standard InChI is InChI=1S/C17H24ClNO4.C6H5NO3.Na/c1-2-14(19-23-7-3-6-18)17-15(20)10-13(11-16(17)21)12-4-8-22-9-5-12;8-6-4-2-1-3-5(6)7(9)10;/h3,6,12-13,20H,2,4-5,7-11H2,1H3;1-4,8H;/q;;+1/p-1/b6-3+,19-14+;;. The van der Waals surface area contributed by atoms with E-state index in [1.165, 1.54) is 23.7 Å². The number of nitro benzene ring substituents is 1. The van der Waals surface area contributed by atoms with Gasteiger partial charge in [0.2, 0.25) is 0 Å². The van der Waals surface area contributed by atoms with Crippen molar-refractivity contribution < 1.29 is 59.1 Å². The van der Waals surface area contributed by atoms with E-state index in [0.717, 1.165) is 32.1 Å². The third kappa shape index (κ3) is 9.03. The molecule has 3 rings (SSSR count). The summed E-state index contributed by atoms with van der Waals surface area (Å²) in [6.07, 6.45) is 5.05. The van der Waals surface area contributed by atoms with Crippen molar-refractivity contribution in [1.82, 2.24) is 0 Å². The van der Waals surface area contributed by atoms with Gasteiger partial charge < -0.3 is 19.8 Å². The minimum atomic E-state index is -0.692. The van der Waals surface area contributed by atoms with Crippen molar-refractivity contribution in [3.05, 3.63) is 57.3 Å². The van der Waals surface area contributed by atoms with Crippen molar-refractivity contribution in [2.75, 3.05) is 19.8 Å². The van der Waals surface area contributed by atoms with Gasteiger partial charge in [-0.3, -0.25) is 14.9 Å². The van der Waals surface area contributed by atoms with E-state index in [2.05, 4.69) is 5.16 Å². The van der Waals surface area contributed by atoms with Gasteiger partial charge in [-0.05, 0) is 42.9 Å². The normalized spacial score (nSPS) is 19.3. The number of carbonyl (C=O) groups is 1. The number of rotatable bonds is 7. The van der Waals surface area contributed by atoms with Crippen LogP contribution in [0.2, 0.25) is 0 Å². The summed E-state index contributed by atoms with van der Waals surface area (Å²) < 4.78 is 5.38. The number of nitrogens with zero attached hydrogens (tertiary/aromatic N) is 2. The number of oxime groups is 1. The van der Waals surface area contributed by atoms with Crippen LogP contribution in [0.3, 0.4) is 0 Å². The number of benzene rings is 1. The first-order valence-corrected chi connectivity index (χ1v) is 11.2. The molecule has 0 aromatic heterocycles. The summed E-state index contributed by atoms with van der Waals surface area (Å²) in [7, 11) is 0. The molecule has 0 bridgehead atoms. The summed E-state index contributed by atoms with van der Waals surface area (Å²) >= 11 is 5.41. The Morgan fingerprint density at radius 2 is 1.97 bits per heavy atom. The zero-order valence-electron chi connectivity index (χ0n) is 19.4. The molecule has 0 spiro atoms. The number of nitro groups is 1. The number of allylic oxidation sites excluding steroid dienone is 2. The molecule has 1 heterocycles. The van der Waals surface area contributed by atoms with Crippen molar-refractivity contribution in [1.29, 1.82) is 0 Å². The van der Waals surface area contributed by atoms with E-state index in [9.17, 15) is 25.1 Å². The average Bonchev–Trinajstić information content (AvgIpc) is 2.81. The predicted molar refractivity (Wildman–Crippen MR) is 122 cm³/mol. The van der Waals surface area contributed by atoms with Gasteiger partial charge in [-0.1, -0.05) is 41.9 Å². The predicted octanol–water partition coefficient (Wildman–Crippen LogP) is 1.41. The van der Waals surface area contributed by atoms with Crippen LogP contribution in [0.15, 0.2) is 52.4 Å². The van der Waals surface area contributed by atoms with Crippen LogP contribution in [0.5, 0.6) is 5.75 Å². The van der Waals surface area contributed by atoms with E-state index in [0.29, 0.717) is 36.5 Å². The second-order valence-electron chi connectivity index (χ2n) is 7.64. The van der Waals surface area contributed by atoms with E-state index in [1.54, 1.807) is 6.08 Å². The second kappa shape index (κ2) is 15.9. The fraction of sp³-hybridized carbons (Fsp3) is 0.478. The van der Waals surface area contributed by atoms with Gasteiger partial charge in [-0.2, -0.15) is 0 Å². The van der Waals surface area contributed by atoms with Crippen LogP contribution in [-0.4, -0.2) is 41.3 Å². The topological polar surface area (TPSA) is 134 Å². The first-order valence-electron chi connectivity index (χ1n) is 10.8. The minimum Gasteiger partial charge on any atom is -0.868 e. The molecule has 1 N–H and O–H groups in total. The third-order valence-corrected chi connectivity index (χ3v) is 5.70. The quantitative estimate of drug-likeness (QED) is 0.196. The number of halogens is 1. The maximum absolute atomic E-state index is 12.5. The Hall–Kier alpha value is -1.91. The fourth-order valence-corrected chi connectivity index (χ4v) is 3.93. The largest absolute Gasteiger partial charge is 1.00 e. The average molecular weight is 503 g/mol. The Balaban J connectivity index is 0.000000442. The molecule has 0 radical (unpaired) electrons. The number of Topliss-reactive ketones (excluding diaryl/α,β-unsaturated/α-hetero) is 1. The van der Waals surface area contributed by atoms with Gasteiger partial charge in [0.25, 0.3) is 5.69 Å². The summed E-state index contributed by atoms with van der Waals surface area (Å²) in [5.41, 5.74) is 1.82. The van der Waals surface area contributed by atoms with E-state index in [-0.39, 0.29) is 59.3 Å². The Morgan fingerprint density at radius 1 is 1.29 bits per heavy atom. The summed E-state index contributed by atoms with van der Waals surface area (Å²) in [6, 6.07) is 5.27. The molecule has 1 unspecified atom stereocenters. The SMILES string of the molecule is CC/C(=N\OC/C=C/Cl)C1=C(O)CC(C2CCOCC2)CC1=O.O=[N+]([O-])c1ccccc1[O-].[Na+]. The number of aliphatic hydroxyl groups excluding tert-OH is 1.